The van der Waals surface area contributed by atoms with E-state index in [1.807, 2.05) is 6.20 Å². The molecule has 1 aliphatic carbocycles. The lowest BCUT2D eigenvalue weighted by molar-refractivity contribution is -0.760. The summed E-state index contributed by atoms with van der Waals surface area (Å²) in [6.07, 6.45) is 8.74. The van der Waals surface area contributed by atoms with Gasteiger partial charge in [-0.1, -0.05) is 30.0 Å². The fourth-order valence-electron chi connectivity index (χ4n) is 3.31. The molecule has 110 valence electrons. The van der Waals surface area contributed by atoms with Crippen molar-refractivity contribution in [2.75, 3.05) is 0 Å². The molecule has 4 nitrogen and oxygen atoms in total. The average Bonchev–Trinajstić information content (AvgIpc) is 3.16. The first-order chi connectivity index (χ1) is 10.4. The van der Waals surface area contributed by atoms with Crippen LogP contribution in [0, 0.1) is 0 Å². The van der Waals surface area contributed by atoms with Crippen LogP contribution >= 0.6 is 11.3 Å². The van der Waals surface area contributed by atoms with Crippen molar-refractivity contribution in [2.45, 2.75) is 51.4 Å². The van der Waals surface area contributed by atoms with Crippen LogP contribution in [0.1, 0.15) is 37.8 Å². The fourth-order valence-corrected chi connectivity index (χ4v) is 4.02. The Hall–Kier alpha value is -1.30. The lowest BCUT2D eigenvalue weighted by Crippen LogP contribution is -2.47. The predicted molar refractivity (Wildman–Crippen MR) is 83.3 cm³/mol. The van der Waals surface area contributed by atoms with Gasteiger partial charge in [0, 0.05) is 22.5 Å². The van der Waals surface area contributed by atoms with Crippen LogP contribution in [0.25, 0.3) is 10.4 Å². The fraction of sp³-hybridized carbons (Fsp3) is 0.500. The highest BCUT2D eigenvalue weighted by Crippen LogP contribution is 2.25. The molecule has 1 aliphatic heterocycles. The number of nitrogens with zero attached hydrogens (tertiary/aromatic N) is 3. The van der Waals surface area contributed by atoms with Crippen LogP contribution < -0.4 is 10.1 Å². The summed E-state index contributed by atoms with van der Waals surface area (Å²) < 4.78 is 2.10. The Balaban J connectivity index is 1.46. The summed E-state index contributed by atoms with van der Waals surface area (Å²) in [5, 5.41) is 9.03. The van der Waals surface area contributed by atoms with E-state index >= 15 is 0 Å². The van der Waals surface area contributed by atoms with Crippen molar-refractivity contribution in [1.82, 2.24) is 15.5 Å². The predicted octanol–water partition coefficient (Wildman–Crippen LogP) is 2.71. The van der Waals surface area contributed by atoms with E-state index in [2.05, 4.69) is 43.8 Å². The zero-order valence-electron chi connectivity index (χ0n) is 12.2. The zero-order valence-corrected chi connectivity index (χ0v) is 13.0. The van der Waals surface area contributed by atoms with Crippen LogP contribution in [0.4, 0.5) is 0 Å². The number of aromatic nitrogens is 2. The highest BCUT2D eigenvalue weighted by atomic mass is 32.1. The van der Waals surface area contributed by atoms with Gasteiger partial charge in [0.05, 0.1) is 0 Å². The topological polar surface area (TPSA) is 32.0 Å². The molecule has 0 atom stereocenters. The summed E-state index contributed by atoms with van der Waals surface area (Å²) in [7, 11) is 0. The van der Waals surface area contributed by atoms with E-state index in [1.165, 1.54) is 48.2 Å². The minimum absolute atomic E-state index is 0.658. The second kappa shape index (κ2) is 5.83. The van der Waals surface area contributed by atoms with Gasteiger partial charge in [-0.3, -0.25) is 0 Å². The van der Waals surface area contributed by atoms with Gasteiger partial charge in [-0.2, -0.15) is 5.01 Å². The third-order valence-corrected chi connectivity index (χ3v) is 5.34. The molecule has 2 aliphatic rings. The van der Waals surface area contributed by atoms with E-state index in [1.54, 1.807) is 11.3 Å². The zero-order chi connectivity index (χ0) is 14.1. The molecule has 4 rings (SSSR count). The molecule has 0 saturated heterocycles. The van der Waals surface area contributed by atoms with Crippen LogP contribution in [0.3, 0.4) is 0 Å². The van der Waals surface area contributed by atoms with E-state index in [4.69, 9.17) is 0 Å². The Morgan fingerprint density at radius 2 is 2.19 bits per heavy atom. The van der Waals surface area contributed by atoms with Crippen LogP contribution in [0.2, 0.25) is 0 Å². The first kappa shape index (κ1) is 13.4. The second-order valence-corrected chi connectivity index (χ2v) is 6.96. The van der Waals surface area contributed by atoms with Gasteiger partial charge >= 0.3 is 0 Å². The summed E-state index contributed by atoms with van der Waals surface area (Å²) in [4.78, 5) is 1.30. The molecular weight excluding hydrogens is 280 g/mol. The maximum absolute atomic E-state index is 4.60. The number of hydrogen-bond donors (Lipinski definition) is 1. The lowest BCUT2D eigenvalue weighted by Gasteiger charge is -2.25. The molecule has 5 heteroatoms. The number of thiophene rings is 1. The monoisotopic (exact) mass is 301 g/mol. The number of rotatable bonds is 3. The number of hydrogen-bond acceptors (Lipinski definition) is 4. The Morgan fingerprint density at radius 1 is 1.29 bits per heavy atom. The molecule has 0 amide bonds. The van der Waals surface area contributed by atoms with Gasteiger partial charge in [0.1, 0.15) is 12.7 Å². The Kier molecular flexibility index (Phi) is 3.71. The third kappa shape index (κ3) is 2.86. The number of hydrazine groups is 1. The van der Waals surface area contributed by atoms with Crippen molar-refractivity contribution in [1.29, 1.82) is 0 Å². The smallest absolute Gasteiger partial charge is 0.243 e. The van der Waals surface area contributed by atoms with E-state index in [9.17, 15) is 0 Å². The van der Waals surface area contributed by atoms with Gasteiger partial charge in [-0.15, -0.1) is 11.3 Å². The van der Waals surface area contributed by atoms with Gasteiger partial charge in [0.15, 0.2) is 0 Å². The maximum atomic E-state index is 4.60. The molecule has 0 spiro atoms. The van der Waals surface area contributed by atoms with Crippen molar-refractivity contribution in [2.24, 2.45) is 0 Å². The Bertz CT molecular complexity index is 605. The Morgan fingerprint density at radius 3 is 3.00 bits per heavy atom. The first-order valence-corrected chi connectivity index (χ1v) is 8.70. The molecule has 2 aromatic rings. The minimum atomic E-state index is 0.658. The van der Waals surface area contributed by atoms with Gasteiger partial charge in [-0.25, -0.2) is 5.43 Å². The molecule has 3 heterocycles. The van der Waals surface area contributed by atoms with Crippen LogP contribution in [-0.2, 0) is 13.2 Å². The van der Waals surface area contributed by atoms with Gasteiger partial charge in [0.2, 0.25) is 12.4 Å². The van der Waals surface area contributed by atoms with Crippen molar-refractivity contribution >= 4 is 11.3 Å². The van der Waals surface area contributed by atoms with Gasteiger partial charge < -0.3 is 0 Å². The normalized spacial score (nSPS) is 19.8. The Labute approximate surface area is 129 Å². The number of fused-ring (bicyclic) bond motifs is 1. The van der Waals surface area contributed by atoms with Crippen LogP contribution in [0.15, 0.2) is 29.8 Å². The van der Waals surface area contributed by atoms with Crippen molar-refractivity contribution in [3.05, 3.63) is 35.5 Å². The summed E-state index contributed by atoms with van der Waals surface area (Å²) in [6, 6.07) is 7.19. The summed E-state index contributed by atoms with van der Waals surface area (Å²) >= 11 is 1.77. The number of nitrogens with one attached hydrogen (secondary N) is 1. The van der Waals surface area contributed by atoms with Gasteiger partial charge in [-0.05, 0) is 29.4 Å². The molecule has 21 heavy (non-hydrogen) atoms. The molecule has 0 bridgehead atoms. The average molecular weight is 301 g/mol. The largest absolute Gasteiger partial charge is 0.246 e. The van der Waals surface area contributed by atoms with E-state index in [0.717, 1.165) is 13.2 Å². The van der Waals surface area contributed by atoms with Crippen molar-refractivity contribution in [3.8, 4) is 10.4 Å². The summed E-state index contributed by atoms with van der Waals surface area (Å²) in [5.41, 5.74) is 6.22. The van der Waals surface area contributed by atoms with Crippen LogP contribution in [0.5, 0.6) is 0 Å². The molecule has 0 radical (unpaired) electrons. The lowest BCUT2D eigenvalue weighted by atomic mass is 9.96. The van der Waals surface area contributed by atoms with E-state index in [-0.39, 0.29) is 0 Å². The van der Waals surface area contributed by atoms with Crippen molar-refractivity contribution in [3.63, 3.8) is 0 Å². The molecule has 1 N–H and O–H groups in total. The summed E-state index contributed by atoms with van der Waals surface area (Å²) in [5.74, 6) is 0. The molecular formula is C16H21N4S+. The van der Waals surface area contributed by atoms with Gasteiger partial charge in [0.25, 0.3) is 0 Å². The highest BCUT2D eigenvalue weighted by Gasteiger charge is 2.30. The molecule has 0 aromatic carbocycles. The maximum Gasteiger partial charge on any atom is 0.243 e. The SMILES string of the molecule is c1csc(-c2cn[n+]3c(c2)CN(NC2CCCCC2)C3)c1. The van der Waals surface area contributed by atoms with Crippen LogP contribution in [-0.4, -0.2) is 16.1 Å². The first-order valence-electron chi connectivity index (χ1n) is 7.82. The third-order valence-electron chi connectivity index (χ3n) is 4.42. The van der Waals surface area contributed by atoms with E-state index in [0.29, 0.717) is 6.04 Å². The van der Waals surface area contributed by atoms with E-state index < -0.39 is 0 Å². The minimum Gasteiger partial charge on any atom is -0.246 e. The van der Waals surface area contributed by atoms with Crippen molar-refractivity contribution < 1.29 is 4.68 Å². The second-order valence-electron chi connectivity index (χ2n) is 6.02. The highest BCUT2D eigenvalue weighted by molar-refractivity contribution is 7.13. The molecule has 0 unspecified atom stereocenters. The summed E-state index contributed by atoms with van der Waals surface area (Å²) in [6.45, 7) is 1.80. The molecule has 1 saturated carbocycles. The molecule has 2 aromatic heterocycles. The standard InChI is InChI=1S/C16H21N4S/c1-2-5-14(6-3-1)18-19-11-15-9-13(10-17-20(15)12-19)16-7-4-8-21-16/h4,7-10,14,18H,1-3,5-6,11-12H2/q+1. The quantitative estimate of drug-likeness (QED) is 0.885. The molecule has 1 fully saturated rings.